The summed E-state index contributed by atoms with van der Waals surface area (Å²) >= 11 is 0.875. The van der Waals surface area contributed by atoms with Crippen LogP contribution in [0.3, 0.4) is 0 Å². The van der Waals surface area contributed by atoms with Gasteiger partial charge in [-0.1, -0.05) is 0 Å². The SMILES string of the molecule is Nc1ncnc2c1ncn2[C@@H]1O[C@H](C[SH+]CC[C@H](N)C(=O)O)[C@@H](O)[C@H]1O. The molecule has 0 aliphatic carbocycles. The quantitative estimate of drug-likeness (QED) is 0.196. The summed E-state index contributed by atoms with van der Waals surface area (Å²) in [4.78, 5) is 22.8. The van der Waals surface area contributed by atoms with Gasteiger partial charge in [-0.05, 0) is 11.8 Å². The van der Waals surface area contributed by atoms with E-state index in [9.17, 15) is 15.0 Å². The van der Waals surface area contributed by atoms with Gasteiger partial charge in [-0.2, -0.15) is 0 Å². The molecule has 5 atom stereocenters. The Kier molecular flexibility index (Phi) is 5.58. The summed E-state index contributed by atoms with van der Waals surface area (Å²) in [5.74, 6) is 0.163. The number of aliphatic hydroxyl groups is 2. The van der Waals surface area contributed by atoms with Crippen molar-refractivity contribution >= 4 is 34.7 Å². The van der Waals surface area contributed by atoms with Crippen LogP contribution in [0.15, 0.2) is 12.7 Å². The van der Waals surface area contributed by atoms with Gasteiger partial charge in [0.15, 0.2) is 17.7 Å². The minimum atomic E-state index is -1.16. The van der Waals surface area contributed by atoms with E-state index < -0.39 is 36.6 Å². The van der Waals surface area contributed by atoms with E-state index in [1.807, 2.05) is 0 Å². The molecule has 12 heteroatoms. The molecule has 2 aromatic heterocycles. The number of fused-ring (bicyclic) bond motifs is 1. The predicted octanol–water partition coefficient (Wildman–Crippen LogP) is -2.36. The van der Waals surface area contributed by atoms with Crippen molar-refractivity contribution in [3.63, 3.8) is 0 Å². The third kappa shape index (κ3) is 3.59. The highest BCUT2D eigenvalue weighted by Crippen LogP contribution is 2.32. The Hall–Kier alpha value is -1.99. The Balaban J connectivity index is 1.64. The molecule has 0 spiro atoms. The number of nitrogens with two attached hydrogens (primary N) is 2. The van der Waals surface area contributed by atoms with Crippen LogP contribution in [-0.2, 0) is 21.3 Å². The molecule has 0 aromatic carbocycles. The topological polar surface area (TPSA) is 183 Å². The van der Waals surface area contributed by atoms with Crippen LogP contribution < -0.4 is 11.5 Å². The van der Waals surface area contributed by atoms with Crippen molar-refractivity contribution in [3.8, 4) is 0 Å². The van der Waals surface area contributed by atoms with Crippen LogP contribution in [0.2, 0.25) is 0 Å². The summed E-state index contributed by atoms with van der Waals surface area (Å²) in [6, 6.07) is -0.905. The molecule has 0 bridgehead atoms. The molecule has 0 radical (unpaired) electrons. The fourth-order valence-electron chi connectivity index (χ4n) is 2.74. The highest BCUT2D eigenvalue weighted by Gasteiger charge is 2.45. The number of nitrogen functional groups attached to an aromatic ring is 1. The molecule has 1 aliphatic rings. The zero-order valence-corrected chi connectivity index (χ0v) is 14.6. The van der Waals surface area contributed by atoms with Crippen molar-refractivity contribution in [1.82, 2.24) is 19.5 Å². The Morgan fingerprint density at radius 2 is 2.12 bits per heavy atom. The van der Waals surface area contributed by atoms with Crippen molar-refractivity contribution in [1.29, 1.82) is 0 Å². The number of aliphatic hydroxyl groups excluding tert-OH is 2. The van der Waals surface area contributed by atoms with E-state index >= 15 is 0 Å². The van der Waals surface area contributed by atoms with Crippen molar-refractivity contribution in [2.24, 2.45) is 5.73 Å². The van der Waals surface area contributed by atoms with Gasteiger partial charge in [-0.3, -0.25) is 9.36 Å². The van der Waals surface area contributed by atoms with E-state index in [1.165, 1.54) is 17.2 Å². The number of carbonyl (C=O) groups is 1. The van der Waals surface area contributed by atoms with Crippen LogP contribution in [0.1, 0.15) is 12.6 Å². The zero-order valence-electron chi connectivity index (χ0n) is 13.7. The number of nitrogens with zero attached hydrogens (tertiary/aromatic N) is 4. The number of rotatable bonds is 7. The molecule has 142 valence electrons. The molecule has 1 saturated heterocycles. The minimum Gasteiger partial charge on any atom is -0.480 e. The highest BCUT2D eigenvalue weighted by atomic mass is 32.2. The summed E-state index contributed by atoms with van der Waals surface area (Å²) in [7, 11) is 0. The second kappa shape index (κ2) is 7.72. The molecular formula is C14H21N6O5S+. The largest absolute Gasteiger partial charge is 0.480 e. The maximum absolute atomic E-state index is 10.7. The number of thiol groups is 1. The lowest BCUT2D eigenvalue weighted by Crippen LogP contribution is -2.34. The number of anilines is 1. The standard InChI is InChI=1S/C14H20N6O5S/c15-6(14(23)24)1-2-26-3-7-9(21)10(22)13(25-7)20-5-19-8-11(16)17-4-18-12(8)20/h4-7,9-10,13,21-22H,1-3,15H2,(H,23,24)(H2,16,17,18)/p+1/t6-,7+,9+,10+,13+/m0/s1. The van der Waals surface area contributed by atoms with Crippen LogP contribution >= 0.6 is 0 Å². The molecule has 0 amide bonds. The Morgan fingerprint density at radius 1 is 1.35 bits per heavy atom. The van der Waals surface area contributed by atoms with Gasteiger partial charge in [0.25, 0.3) is 0 Å². The Bertz CT molecular complexity index is 788. The van der Waals surface area contributed by atoms with Crippen molar-refractivity contribution in [3.05, 3.63) is 12.7 Å². The van der Waals surface area contributed by atoms with Gasteiger partial charge in [0, 0.05) is 6.42 Å². The summed E-state index contributed by atoms with van der Waals surface area (Å²) < 4.78 is 7.31. The Labute approximate surface area is 152 Å². The molecule has 0 saturated carbocycles. The summed E-state index contributed by atoms with van der Waals surface area (Å²) in [6.45, 7) is 0. The first-order chi connectivity index (χ1) is 12.4. The summed E-state index contributed by atoms with van der Waals surface area (Å²) in [5.41, 5.74) is 12.0. The Morgan fingerprint density at radius 3 is 2.85 bits per heavy atom. The third-order valence-corrected chi connectivity index (χ3v) is 5.42. The summed E-state index contributed by atoms with van der Waals surface area (Å²) in [5, 5.41) is 29.4. The van der Waals surface area contributed by atoms with E-state index in [0.29, 0.717) is 29.1 Å². The number of ether oxygens (including phenoxy) is 1. The number of carboxylic acids is 1. The monoisotopic (exact) mass is 385 g/mol. The van der Waals surface area contributed by atoms with E-state index in [-0.39, 0.29) is 5.82 Å². The molecule has 1 fully saturated rings. The lowest BCUT2D eigenvalue weighted by atomic mass is 10.1. The first-order valence-corrected chi connectivity index (χ1v) is 9.23. The molecular weight excluding hydrogens is 364 g/mol. The average Bonchev–Trinajstić information content (AvgIpc) is 3.15. The fraction of sp³-hybridized carbons (Fsp3) is 0.571. The lowest BCUT2D eigenvalue weighted by Gasteiger charge is -2.16. The predicted molar refractivity (Wildman–Crippen MR) is 94.4 cm³/mol. The maximum Gasteiger partial charge on any atom is 0.320 e. The third-order valence-electron chi connectivity index (χ3n) is 4.22. The number of aromatic nitrogens is 4. The van der Waals surface area contributed by atoms with E-state index in [0.717, 1.165) is 11.8 Å². The number of carboxylic acid groups (broad SMARTS) is 1. The normalized spacial score (nSPS) is 27.0. The molecule has 3 rings (SSSR count). The van der Waals surface area contributed by atoms with Gasteiger partial charge in [-0.15, -0.1) is 0 Å². The van der Waals surface area contributed by atoms with Gasteiger partial charge in [0.05, 0.1) is 6.33 Å². The van der Waals surface area contributed by atoms with Crippen molar-refractivity contribution in [2.75, 3.05) is 17.2 Å². The van der Waals surface area contributed by atoms with Crippen LogP contribution in [-0.4, -0.2) is 76.7 Å². The number of hydrogen-bond acceptors (Lipinski definition) is 9. The van der Waals surface area contributed by atoms with Gasteiger partial charge in [0.1, 0.15) is 47.7 Å². The minimum absolute atomic E-state index is 0.214. The molecule has 11 nitrogen and oxygen atoms in total. The van der Waals surface area contributed by atoms with Crippen molar-refractivity contribution in [2.45, 2.75) is 37.0 Å². The van der Waals surface area contributed by atoms with Crippen molar-refractivity contribution < 1.29 is 24.9 Å². The molecule has 7 N–H and O–H groups in total. The van der Waals surface area contributed by atoms with E-state index in [1.54, 1.807) is 0 Å². The van der Waals surface area contributed by atoms with Crippen LogP contribution in [0.25, 0.3) is 11.2 Å². The molecule has 2 aromatic rings. The lowest BCUT2D eigenvalue weighted by molar-refractivity contribution is -0.138. The number of aliphatic carboxylic acids is 1. The molecule has 3 heterocycles. The second-order valence-corrected chi connectivity index (χ2v) is 7.25. The molecule has 26 heavy (non-hydrogen) atoms. The first-order valence-electron chi connectivity index (χ1n) is 7.96. The number of hydrogen-bond donors (Lipinski definition) is 5. The zero-order chi connectivity index (χ0) is 18.8. The summed E-state index contributed by atoms with van der Waals surface area (Å²) in [6.07, 6.45) is -0.659. The van der Waals surface area contributed by atoms with Gasteiger partial charge < -0.3 is 31.5 Å². The van der Waals surface area contributed by atoms with Gasteiger partial charge >= 0.3 is 5.97 Å². The van der Waals surface area contributed by atoms with Crippen LogP contribution in [0.5, 0.6) is 0 Å². The van der Waals surface area contributed by atoms with Gasteiger partial charge in [0.2, 0.25) is 0 Å². The first kappa shape index (κ1) is 18.8. The maximum atomic E-state index is 10.7. The van der Waals surface area contributed by atoms with Gasteiger partial charge in [-0.25, -0.2) is 15.0 Å². The molecule has 0 unspecified atom stereocenters. The highest BCUT2D eigenvalue weighted by molar-refractivity contribution is 7.78. The fourth-order valence-corrected chi connectivity index (χ4v) is 3.94. The second-order valence-electron chi connectivity index (χ2n) is 5.99. The van der Waals surface area contributed by atoms with E-state index in [2.05, 4.69) is 15.0 Å². The average molecular weight is 385 g/mol. The smallest absolute Gasteiger partial charge is 0.320 e. The van der Waals surface area contributed by atoms with E-state index in [4.69, 9.17) is 21.3 Å². The number of imidazole rings is 1. The molecule has 1 aliphatic heterocycles. The van der Waals surface area contributed by atoms with Crippen LogP contribution in [0.4, 0.5) is 5.82 Å². The van der Waals surface area contributed by atoms with Crippen LogP contribution in [0, 0.1) is 0 Å².